The van der Waals surface area contributed by atoms with E-state index in [0.29, 0.717) is 12.3 Å². The number of nitrogens with one attached hydrogen (secondary N) is 1. The molecular formula is C10H15N3O4. The second-order valence-corrected chi connectivity index (χ2v) is 3.67. The third kappa shape index (κ3) is 3.86. The lowest BCUT2D eigenvalue weighted by Gasteiger charge is -2.10. The van der Waals surface area contributed by atoms with Crippen LogP contribution in [0.3, 0.4) is 0 Å². The molecule has 0 aliphatic rings. The van der Waals surface area contributed by atoms with Crippen molar-refractivity contribution in [1.82, 2.24) is 15.5 Å². The van der Waals surface area contributed by atoms with E-state index in [0.717, 1.165) is 6.42 Å². The van der Waals surface area contributed by atoms with Gasteiger partial charge in [-0.25, -0.2) is 0 Å². The van der Waals surface area contributed by atoms with Crippen molar-refractivity contribution in [2.24, 2.45) is 5.92 Å². The van der Waals surface area contributed by atoms with Crippen LogP contribution in [0.4, 0.5) is 0 Å². The van der Waals surface area contributed by atoms with Crippen molar-refractivity contribution in [3.63, 3.8) is 0 Å². The molecule has 1 rings (SSSR count). The molecule has 94 valence electrons. The Kier molecular flexibility index (Phi) is 4.62. The summed E-state index contributed by atoms with van der Waals surface area (Å²) in [6.45, 7) is 3.52. The maximum absolute atomic E-state index is 11.5. The number of carboxylic acid groups (broad SMARTS) is 1. The first kappa shape index (κ1) is 13.1. The number of amides is 1. The minimum absolute atomic E-state index is 0.0651. The van der Waals surface area contributed by atoms with Crippen LogP contribution >= 0.6 is 0 Å². The number of rotatable bonds is 6. The molecule has 0 aromatic carbocycles. The largest absolute Gasteiger partial charge is 0.481 e. The van der Waals surface area contributed by atoms with Crippen molar-refractivity contribution in [3.05, 3.63) is 11.7 Å². The molecule has 0 spiro atoms. The molecule has 17 heavy (non-hydrogen) atoms. The Hall–Kier alpha value is -1.92. The average Bonchev–Trinajstić information content (AvgIpc) is 2.70. The molecule has 1 heterocycles. The summed E-state index contributed by atoms with van der Waals surface area (Å²) >= 11 is 0. The monoisotopic (exact) mass is 241 g/mol. The van der Waals surface area contributed by atoms with Gasteiger partial charge in [-0.3, -0.25) is 9.59 Å². The molecule has 0 bridgehead atoms. The minimum Gasteiger partial charge on any atom is -0.481 e. The summed E-state index contributed by atoms with van der Waals surface area (Å²) < 4.78 is 4.65. The Morgan fingerprint density at radius 2 is 2.24 bits per heavy atom. The standard InChI is InChI=1S/C10H15N3O4/c1-3-4-7(10(15)16)5-11-9(14)8-12-6(2)17-13-8/h7H,3-5H2,1-2H3,(H,11,14)(H,15,16). The fourth-order valence-electron chi connectivity index (χ4n) is 1.35. The topological polar surface area (TPSA) is 105 Å². The molecule has 0 radical (unpaired) electrons. The lowest BCUT2D eigenvalue weighted by molar-refractivity contribution is -0.141. The van der Waals surface area contributed by atoms with E-state index in [1.165, 1.54) is 0 Å². The quantitative estimate of drug-likeness (QED) is 0.755. The highest BCUT2D eigenvalue weighted by Gasteiger charge is 2.19. The molecule has 1 atom stereocenters. The van der Waals surface area contributed by atoms with Gasteiger partial charge in [-0.1, -0.05) is 18.5 Å². The average molecular weight is 241 g/mol. The van der Waals surface area contributed by atoms with E-state index in [-0.39, 0.29) is 12.4 Å². The van der Waals surface area contributed by atoms with Gasteiger partial charge in [-0.2, -0.15) is 4.98 Å². The highest BCUT2D eigenvalue weighted by atomic mass is 16.5. The van der Waals surface area contributed by atoms with Gasteiger partial charge in [0.1, 0.15) is 0 Å². The molecule has 2 N–H and O–H groups in total. The van der Waals surface area contributed by atoms with Crippen LogP contribution in [0.15, 0.2) is 4.52 Å². The van der Waals surface area contributed by atoms with Crippen LogP contribution in [0, 0.1) is 12.8 Å². The van der Waals surface area contributed by atoms with Gasteiger partial charge in [0, 0.05) is 13.5 Å². The van der Waals surface area contributed by atoms with Crippen LogP contribution < -0.4 is 5.32 Å². The van der Waals surface area contributed by atoms with E-state index in [1.807, 2.05) is 6.92 Å². The van der Waals surface area contributed by atoms with Crippen molar-refractivity contribution >= 4 is 11.9 Å². The summed E-state index contributed by atoms with van der Waals surface area (Å²) in [5, 5.41) is 14.8. The molecule has 0 saturated heterocycles. The lowest BCUT2D eigenvalue weighted by atomic mass is 10.0. The molecule has 1 amide bonds. The van der Waals surface area contributed by atoms with Crippen LogP contribution in [0.1, 0.15) is 36.3 Å². The third-order valence-electron chi connectivity index (χ3n) is 2.23. The zero-order valence-corrected chi connectivity index (χ0v) is 9.77. The number of carbonyl (C=O) groups is 2. The van der Waals surface area contributed by atoms with Gasteiger partial charge < -0.3 is 14.9 Å². The Labute approximate surface area is 98.2 Å². The number of hydrogen-bond donors (Lipinski definition) is 2. The number of carbonyl (C=O) groups excluding carboxylic acids is 1. The predicted molar refractivity (Wildman–Crippen MR) is 57.4 cm³/mol. The third-order valence-corrected chi connectivity index (χ3v) is 2.23. The summed E-state index contributed by atoms with van der Waals surface area (Å²) in [5.41, 5.74) is 0. The van der Waals surface area contributed by atoms with Crippen molar-refractivity contribution in [2.45, 2.75) is 26.7 Å². The van der Waals surface area contributed by atoms with Gasteiger partial charge in [-0.15, -0.1) is 0 Å². The van der Waals surface area contributed by atoms with Gasteiger partial charge in [0.05, 0.1) is 5.92 Å². The first-order valence-corrected chi connectivity index (χ1v) is 5.36. The summed E-state index contributed by atoms with van der Waals surface area (Å²) in [7, 11) is 0. The second kappa shape index (κ2) is 5.97. The van der Waals surface area contributed by atoms with Crippen molar-refractivity contribution in [1.29, 1.82) is 0 Å². The van der Waals surface area contributed by atoms with E-state index >= 15 is 0 Å². The first-order chi connectivity index (χ1) is 8.04. The maximum Gasteiger partial charge on any atom is 0.308 e. The van der Waals surface area contributed by atoms with Gasteiger partial charge in [0.25, 0.3) is 11.7 Å². The predicted octanol–water partition coefficient (Wildman–Crippen LogP) is 0.609. The van der Waals surface area contributed by atoms with Crippen LogP contribution in [-0.4, -0.2) is 33.7 Å². The van der Waals surface area contributed by atoms with Crippen LogP contribution in [-0.2, 0) is 4.79 Å². The molecule has 7 heteroatoms. The summed E-state index contributed by atoms with van der Waals surface area (Å²) in [5.74, 6) is -1.82. The van der Waals surface area contributed by atoms with Crippen molar-refractivity contribution in [3.8, 4) is 0 Å². The normalized spacial score (nSPS) is 12.1. The number of aromatic nitrogens is 2. The molecule has 1 aromatic rings. The van der Waals surface area contributed by atoms with Gasteiger partial charge in [0.2, 0.25) is 5.89 Å². The molecule has 0 aliphatic heterocycles. The van der Waals surface area contributed by atoms with Gasteiger partial charge in [0.15, 0.2) is 0 Å². The van der Waals surface area contributed by atoms with Crippen LogP contribution in [0.25, 0.3) is 0 Å². The van der Waals surface area contributed by atoms with Gasteiger partial charge in [-0.05, 0) is 6.42 Å². The summed E-state index contributed by atoms with van der Waals surface area (Å²) in [6.07, 6.45) is 1.26. The number of aliphatic carboxylic acids is 1. The first-order valence-electron chi connectivity index (χ1n) is 5.36. The highest BCUT2D eigenvalue weighted by molar-refractivity contribution is 5.90. The molecule has 0 saturated carbocycles. The molecule has 0 fully saturated rings. The van der Waals surface area contributed by atoms with Crippen molar-refractivity contribution in [2.75, 3.05) is 6.54 Å². The van der Waals surface area contributed by atoms with Crippen LogP contribution in [0.5, 0.6) is 0 Å². The van der Waals surface area contributed by atoms with E-state index < -0.39 is 17.8 Å². The Bertz CT molecular complexity index is 402. The van der Waals surface area contributed by atoms with E-state index in [2.05, 4.69) is 20.0 Å². The summed E-state index contributed by atoms with van der Waals surface area (Å²) in [6, 6.07) is 0. The zero-order valence-electron chi connectivity index (χ0n) is 9.77. The molecule has 0 aliphatic carbocycles. The molecule has 1 aromatic heterocycles. The fraction of sp³-hybridized carbons (Fsp3) is 0.600. The Morgan fingerprint density at radius 1 is 1.53 bits per heavy atom. The SMILES string of the molecule is CCCC(CNC(=O)c1noc(C)n1)C(=O)O. The number of aryl methyl sites for hydroxylation is 1. The fourth-order valence-corrected chi connectivity index (χ4v) is 1.35. The Balaban J connectivity index is 2.49. The second-order valence-electron chi connectivity index (χ2n) is 3.67. The van der Waals surface area contributed by atoms with Crippen LogP contribution in [0.2, 0.25) is 0 Å². The van der Waals surface area contributed by atoms with E-state index in [4.69, 9.17) is 5.11 Å². The lowest BCUT2D eigenvalue weighted by Crippen LogP contribution is -2.33. The minimum atomic E-state index is -0.920. The maximum atomic E-state index is 11.5. The highest BCUT2D eigenvalue weighted by Crippen LogP contribution is 2.05. The van der Waals surface area contributed by atoms with E-state index in [1.54, 1.807) is 6.92 Å². The zero-order chi connectivity index (χ0) is 12.8. The molecule has 7 nitrogen and oxygen atoms in total. The number of carboxylic acids is 1. The number of hydrogen-bond acceptors (Lipinski definition) is 5. The van der Waals surface area contributed by atoms with E-state index in [9.17, 15) is 9.59 Å². The Morgan fingerprint density at radius 3 is 2.71 bits per heavy atom. The smallest absolute Gasteiger partial charge is 0.308 e. The van der Waals surface area contributed by atoms with Crippen molar-refractivity contribution < 1.29 is 19.2 Å². The molecular weight excluding hydrogens is 226 g/mol. The number of nitrogens with zero attached hydrogens (tertiary/aromatic N) is 2. The van der Waals surface area contributed by atoms with Gasteiger partial charge >= 0.3 is 5.97 Å². The molecule has 1 unspecified atom stereocenters. The summed E-state index contributed by atoms with van der Waals surface area (Å²) in [4.78, 5) is 26.1.